The standard InChI is InChI=1S/C20H29NO3/c1-22-17-6-4-15(5-7-17)12-21-11-10-20-19(21)9-8-18(24-20)14-23-13-16-2-3-16/h4-7,16,18-20H,2-3,8-14H2,1H3/t18-,19-,20-/m1/s1. The summed E-state index contributed by atoms with van der Waals surface area (Å²) in [6, 6.07) is 9.02. The minimum atomic E-state index is 0.311. The van der Waals surface area contributed by atoms with Crippen molar-refractivity contribution in [2.24, 2.45) is 5.92 Å². The summed E-state index contributed by atoms with van der Waals surface area (Å²) in [6.07, 6.45) is 6.94. The largest absolute Gasteiger partial charge is 0.497 e. The first-order valence-electron chi connectivity index (χ1n) is 9.42. The zero-order chi connectivity index (χ0) is 16.4. The van der Waals surface area contributed by atoms with Crippen molar-refractivity contribution in [1.82, 2.24) is 4.90 Å². The molecule has 0 bridgehead atoms. The van der Waals surface area contributed by atoms with E-state index in [1.807, 2.05) is 12.1 Å². The van der Waals surface area contributed by atoms with Gasteiger partial charge in [0, 0.05) is 25.7 Å². The lowest BCUT2D eigenvalue weighted by Crippen LogP contribution is -2.43. The van der Waals surface area contributed by atoms with Gasteiger partial charge >= 0.3 is 0 Å². The van der Waals surface area contributed by atoms with E-state index in [4.69, 9.17) is 14.2 Å². The van der Waals surface area contributed by atoms with Crippen LogP contribution in [0.2, 0.25) is 0 Å². The summed E-state index contributed by atoms with van der Waals surface area (Å²) in [5, 5.41) is 0. The molecule has 0 N–H and O–H groups in total. The molecule has 4 rings (SSSR count). The second kappa shape index (κ2) is 7.42. The first-order valence-corrected chi connectivity index (χ1v) is 9.42. The van der Waals surface area contributed by atoms with Gasteiger partial charge in [-0.2, -0.15) is 0 Å². The number of rotatable bonds is 7. The second-order valence-corrected chi connectivity index (χ2v) is 7.53. The van der Waals surface area contributed by atoms with Gasteiger partial charge in [-0.1, -0.05) is 12.1 Å². The average molecular weight is 331 g/mol. The van der Waals surface area contributed by atoms with Crippen LogP contribution in [0.15, 0.2) is 24.3 Å². The first-order chi connectivity index (χ1) is 11.8. The summed E-state index contributed by atoms with van der Waals surface area (Å²) in [5.74, 6) is 1.76. The fraction of sp³-hybridized carbons (Fsp3) is 0.700. The molecule has 2 aliphatic heterocycles. The summed E-state index contributed by atoms with van der Waals surface area (Å²) < 4.78 is 17.4. The summed E-state index contributed by atoms with van der Waals surface area (Å²) in [4.78, 5) is 2.59. The smallest absolute Gasteiger partial charge is 0.118 e. The van der Waals surface area contributed by atoms with Gasteiger partial charge in [0.2, 0.25) is 0 Å². The summed E-state index contributed by atoms with van der Waals surface area (Å²) >= 11 is 0. The monoisotopic (exact) mass is 331 g/mol. The summed E-state index contributed by atoms with van der Waals surface area (Å²) in [6.45, 7) is 3.88. The molecule has 0 aromatic heterocycles. The first kappa shape index (κ1) is 16.4. The Morgan fingerprint density at radius 3 is 2.62 bits per heavy atom. The van der Waals surface area contributed by atoms with Crippen LogP contribution in [-0.4, -0.2) is 50.0 Å². The number of likely N-dealkylation sites (tertiary alicyclic amines) is 1. The molecule has 24 heavy (non-hydrogen) atoms. The SMILES string of the molecule is COc1ccc(CN2CC[C@H]3O[C@@H](COCC4CC4)CC[C@H]32)cc1. The van der Waals surface area contributed by atoms with E-state index >= 15 is 0 Å². The van der Waals surface area contributed by atoms with E-state index in [0.29, 0.717) is 18.2 Å². The van der Waals surface area contributed by atoms with Gasteiger partial charge in [-0.25, -0.2) is 0 Å². The van der Waals surface area contributed by atoms with E-state index in [0.717, 1.165) is 50.8 Å². The highest BCUT2D eigenvalue weighted by atomic mass is 16.5. The van der Waals surface area contributed by atoms with Gasteiger partial charge in [0.05, 0.1) is 25.9 Å². The van der Waals surface area contributed by atoms with Crippen LogP contribution in [-0.2, 0) is 16.0 Å². The third-order valence-electron chi connectivity index (χ3n) is 5.65. The van der Waals surface area contributed by atoms with Crippen molar-refractivity contribution in [2.45, 2.75) is 56.9 Å². The highest BCUT2D eigenvalue weighted by Gasteiger charge is 2.39. The Morgan fingerprint density at radius 2 is 1.88 bits per heavy atom. The Kier molecular flexibility index (Phi) is 5.06. The molecule has 1 aliphatic carbocycles. The molecule has 1 saturated carbocycles. The van der Waals surface area contributed by atoms with Crippen LogP contribution in [0.4, 0.5) is 0 Å². The maximum Gasteiger partial charge on any atom is 0.118 e. The topological polar surface area (TPSA) is 30.9 Å². The number of benzene rings is 1. The van der Waals surface area contributed by atoms with E-state index in [1.165, 1.54) is 24.8 Å². The Morgan fingerprint density at radius 1 is 1.04 bits per heavy atom. The van der Waals surface area contributed by atoms with Crippen LogP contribution in [0.5, 0.6) is 5.75 Å². The quantitative estimate of drug-likeness (QED) is 0.767. The molecule has 1 aromatic carbocycles. The van der Waals surface area contributed by atoms with Crippen molar-refractivity contribution in [3.8, 4) is 5.75 Å². The summed E-state index contributed by atoms with van der Waals surface area (Å²) in [5.41, 5.74) is 1.35. The fourth-order valence-corrected chi connectivity index (χ4v) is 4.02. The number of fused-ring (bicyclic) bond motifs is 1. The molecule has 3 aliphatic rings. The van der Waals surface area contributed by atoms with Gasteiger partial charge in [-0.3, -0.25) is 4.90 Å². The average Bonchev–Trinajstić information content (AvgIpc) is 3.36. The van der Waals surface area contributed by atoms with Crippen molar-refractivity contribution in [3.05, 3.63) is 29.8 Å². The van der Waals surface area contributed by atoms with Crippen molar-refractivity contribution >= 4 is 0 Å². The van der Waals surface area contributed by atoms with Crippen LogP contribution in [0.1, 0.15) is 37.7 Å². The molecular formula is C20H29NO3. The number of methoxy groups -OCH3 is 1. The fourth-order valence-electron chi connectivity index (χ4n) is 4.02. The second-order valence-electron chi connectivity index (χ2n) is 7.53. The third kappa shape index (κ3) is 3.93. The van der Waals surface area contributed by atoms with Crippen molar-refractivity contribution in [2.75, 3.05) is 26.9 Å². The number of hydrogen-bond donors (Lipinski definition) is 0. The van der Waals surface area contributed by atoms with E-state index in [-0.39, 0.29) is 0 Å². The van der Waals surface area contributed by atoms with E-state index < -0.39 is 0 Å². The van der Waals surface area contributed by atoms with Gasteiger partial charge < -0.3 is 14.2 Å². The predicted octanol–water partition coefficient (Wildman–Crippen LogP) is 3.24. The van der Waals surface area contributed by atoms with Gasteiger partial charge in [0.1, 0.15) is 5.75 Å². The predicted molar refractivity (Wildman–Crippen MR) is 93.2 cm³/mol. The van der Waals surface area contributed by atoms with Crippen LogP contribution in [0, 0.1) is 5.92 Å². The van der Waals surface area contributed by atoms with Gasteiger partial charge in [-0.15, -0.1) is 0 Å². The Labute approximate surface area is 145 Å². The number of ether oxygens (including phenoxy) is 3. The lowest BCUT2D eigenvalue weighted by molar-refractivity contribution is -0.101. The maximum absolute atomic E-state index is 6.33. The molecule has 3 fully saturated rings. The minimum Gasteiger partial charge on any atom is -0.497 e. The molecule has 132 valence electrons. The molecule has 3 atom stereocenters. The lowest BCUT2D eigenvalue weighted by atomic mass is 9.99. The van der Waals surface area contributed by atoms with Gasteiger partial charge in [-0.05, 0) is 55.7 Å². The zero-order valence-corrected chi connectivity index (χ0v) is 14.7. The molecule has 1 aromatic rings. The normalized spacial score (nSPS) is 30.3. The van der Waals surface area contributed by atoms with E-state index in [9.17, 15) is 0 Å². The van der Waals surface area contributed by atoms with E-state index in [1.54, 1.807) is 7.11 Å². The molecule has 0 radical (unpaired) electrons. The zero-order valence-electron chi connectivity index (χ0n) is 14.7. The van der Waals surface area contributed by atoms with Gasteiger partial charge in [0.15, 0.2) is 0 Å². The molecule has 4 nitrogen and oxygen atoms in total. The molecule has 0 spiro atoms. The number of nitrogens with zero attached hydrogens (tertiary/aromatic N) is 1. The van der Waals surface area contributed by atoms with Gasteiger partial charge in [0.25, 0.3) is 0 Å². The summed E-state index contributed by atoms with van der Waals surface area (Å²) in [7, 11) is 1.71. The Balaban J connectivity index is 1.26. The highest BCUT2D eigenvalue weighted by Crippen LogP contribution is 2.33. The number of hydrogen-bond acceptors (Lipinski definition) is 4. The molecule has 2 heterocycles. The molecule has 0 amide bonds. The van der Waals surface area contributed by atoms with E-state index in [2.05, 4.69) is 17.0 Å². The van der Waals surface area contributed by atoms with Crippen LogP contribution in [0.25, 0.3) is 0 Å². The van der Waals surface area contributed by atoms with Crippen molar-refractivity contribution < 1.29 is 14.2 Å². The van der Waals surface area contributed by atoms with Crippen LogP contribution < -0.4 is 4.74 Å². The maximum atomic E-state index is 6.33. The highest BCUT2D eigenvalue weighted by molar-refractivity contribution is 5.27. The van der Waals surface area contributed by atoms with Crippen molar-refractivity contribution in [1.29, 1.82) is 0 Å². The molecular weight excluding hydrogens is 302 g/mol. The molecule has 0 unspecified atom stereocenters. The van der Waals surface area contributed by atoms with Crippen LogP contribution in [0.3, 0.4) is 0 Å². The molecule has 2 saturated heterocycles. The minimum absolute atomic E-state index is 0.311. The Bertz CT molecular complexity index is 528. The lowest BCUT2D eigenvalue weighted by Gasteiger charge is -2.36. The van der Waals surface area contributed by atoms with Crippen LogP contribution >= 0.6 is 0 Å². The van der Waals surface area contributed by atoms with Crippen molar-refractivity contribution in [3.63, 3.8) is 0 Å². The third-order valence-corrected chi connectivity index (χ3v) is 5.65. The molecule has 4 heteroatoms. The Hall–Kier alpha value is -1.10.